The first kappa shape index (κ1) is 19.9. The molecular weight excluding hydrogens is 364 g/mol. The maximum Gasteiger partial charge on any atom is 0.261 e. The van der Waals surface area contributed by atoms with Gasteiger partial charge in [0.15, 0.2) is 5.78 Å². The third-order valence-corrected chi connectivity index (χ3v) is 4.32. The second kappa shape index (κ2) is 9.37. The summed E-state index contributed by atoms with van der Waals surface area (Å²) in [6.45, 7) is 1.71. The Hall–Kier alpha value is -3.86. The van der Waals surface area contributed by atoms with Crippen molar-refractivity contribution in [3.63, 3.8) is 0 Å². The number of amides is 1. The molecule has 0 saturated carbocycles. The molecule has 0 unspecified atom stereocenters. The summed E-state index contributed by atoms with van der Waals surface area (Å²) in [6, 6.07) is 25.0. The Morgan fingerprint density at radius 2 is 1.28 bits per heavy atom. The third-order valence-electron chi connectivity index (χ3n) is 4.32. The van der Waals surface area contributed by atoms with Gasteiger partial charge < -0.3 is 15.4 Å². The Bertz CT molecular complexity index is 1010. The third kappa shape index (κ3) is 5.11. The number of methoxy groups -OCH3 is 1. The summed E-state index contributed by atoms with van der Waals surface area (Å²) in [6.07, 6.45) is 0. The van der Waals surface area contributed by atoms with E-state index in [1.54, 1.807) is 62.6 Å². The molecule has 2 N–H and O–H groups in total. The summed E-state index contributed by atoms with van der Waals surface area (Å²) in [5, 5.41) is 5.95. The van der Waals surface area contributed by atoms with Gasteiger partial charge in [-0.2, -0.15) is 0 Å². The normalized spacial score (nSPS) is 11.2. The highest BCUT2D eigenvalue weighted by molar-refractivity contribution is 6.29. The fraction of sp³-hybridized carbons (Fsp3) is 0.0833. The number of para-hydroxylation sites is 1. The number of allylic oxidation sites excluding steroid dienone is 1. The molecule has 146 valence electrons. The van der Waals surface area contributed by atoms with E-state index in [4.69, 9.17) is 4.74 Å². The number of hydrogen-bond acceptors (Lipinski definition) is 4. The molecule has 5 heteroatoms. The molecule has 0 bridgehead atoms. The first-order valence-corrected chi connectivity index (χ1v) is 9.16. The van der Waals surface area contributed by atoms with Gasteiger partial charge in [0.1, 0.15) is 11.3 Å². The summed E-state index contributed by atoms with van der Waals surface area (Å²) < 4.78 is 5.16. The van der Waals surface area contributed by atoms with Crippen LogP contribution >= 0.6 is 0 Å². The van der Waals surface area contributed by atoms with Crippen LogP contribution in [0.3, 0.4) is 0 Å². The fourth-order valence-electron chi connectivity index (χ4n) is 2.85. The van der Waals surface area contributed by atoms with Crippen LogP contribution < -0.4 is 15.4 Å². The van der Waals surface area contributed by atoms with Crippen molar-refractivity contribution in [2.75, 3.05) is 17.7 Å². The summed E-state index contributed by atoms with van der Waals surface area (Å²) in [5.74, 6) is -0.0966. The molecule has 3 aromatic rings. The molecule has 29 heavy (non-hydrogen) atoms. The van der Waals surface area contributed by atoms with Crippen molar-refractivity contribution in [1.29, 1.82) is 0 Å². The SMILES string of the molecule is COc1ccc(NC(C)=C(C(=O)Nc2ccccc2)C(=O)c2ccccc2)cc1. The van der Waals surface area contributed by atoms with Crippen molar-refractivity contribution in [2.24, 2.45) is 0 Å². The highest BCUT2D eigenvalue weighted by Gasteiger charge is 2.23. The second-order valence-corrected chi connectivity index (χ2v) is 6.37. The largest absolute Gasteiger partial charge is 0.497 e. The quantitative estimate of drug-likeness (QED) is 0.262. The first-order valence-electron chi connectivity index (χ1n) is 9.16. The van der Waals surface area contributed by atoms with Crippen molar-refractivity contribution in [3.8, 4) is 5.75 Å². The predicted molar refractivity (Wildman–Crippen MR) is 115 cm³/mol. The lowest BCUT2D eigenvalue weighted by atomic mass is 10.0. The molecule has 0 aliphatic carbocycles. The van der Waals surface area contributed by atoms with Gasteiger partial charge >= 0.3 is 0 Å². The molecule has 0 spiro atoms. The summed E-state index contributed by atoms with van der Waals surface area (Å²) in [5.41, 5.74) is 2.32. The highest BCUT2D eigenvalue weighted by Crippen LogP contribution is 2.20. The monoisotopic (exact) mass is 386 g/mol. The van der Waals surface area contributed by atoms with Gasteiger partial charge in [0.25, 0.3) is 5.91 Å². The molecule has 3 rings (SSSR count). The van der Waals surface area contributed by atoms with E-state index in [2.05, 4.69) is 10.6 Å². The lowest BCUT2D eigenvalue weighted by molar-refractivity contribution is -0.112. The number of nitrogens with one attached hydrogen (secondary N) is 2. The van der Waals surface area contributed by atoms with Crippen LogP contribution in [0.5, 0.6) is 5.75 Å². The minimum absolute atomic E-state index is 0.0517. The molecule has 3 aromatic carbocycles. The van der Waals surface area contributed by atoms with Gasteiger partial charge in [-0.15, -0.1) is 0 Å². The summed E-state index contributed by atoms with van der Waals surface area (Å²) >= 11 is 0. The molecule has 0 saturated heterocycles. The molecular formula is C24H22N2O3. The molecule has 5 nitrogen and oxygen atoms in total. The number of Topliss-reactive ketones (excluding diaryl/α,β-unsaturated/α-hetero) is 1. The predicted octanol–water partition coefficient (Wildman–Crippen LogP) is 4.90. The first-order chi connectivity index (χ1) is 14.1. The number of ketones is 1. The Labute approximate surface area is 170 Å². The lowest BCUT2D eigenvalue weighted by Gasteiger charge is -2.14. The molecule has 0 aliphatic rings. The Balaban J connectivity index is 1.94. The average molecular weight is 386 g/mol. The van der Waals surface area contributed by atoms with Crippen molar-refractivity contribution in [1.82, 2.24) is 0 Å². The van der Waals surface area contributed by atoms with E-state index < -0.39 is 5.91 Å². The smallest absolute Gasteiger partial charge is 0.261 e. The Kier molecular flexibility index (Phi) is 6.43. The molecule has 0 atom stereocenters. The van der Waals surface area contributed by atoms with Gasteiger partial charge in [0.05, 0.1) is 7.11 Å². The minimum atomic E-state index is -0.469. The zero-order valence-electron chi connectivity index (χ0n) is 16.3. The maximum absolute atomic E-state index is 13.1. The summed E-state index contributed by atoms with van der Waals surface area (Å²) in [7, 11) is 1.60. The van der Waals surface area contributed by atoms with Crippen LogP contribution in [0.25, 0.3) is 0 Å². The minimum Gasteiger partial charge on any atom is -0.497 e. The van der Waals surface area contributed by atoms with Gasteiger partial charge in [-0.05, 0) is 43.3 Å². The van der Waals surface area contributed by atoms with Crippen LogP contribution in [0.2, 0.25) is 0 Å². The highest BCUT2D eigenvalue weighted by atomic mass is 16.5. The van der Waals surface area contributed by atoms with Crippen LogP contribution in [-0.2, 0) is 4.79 Å². The van der Waals surface area contributed by atoms with E-state index in [-0.39, 0.29) is 11.4 Å². The molecule has 0 aliphatic heterocycles. The van der Waals surface area contributed by atoms with E-state index in [1.807, 2.05) is 36.4 Å². The van der Waals surface area contributed by atoms with Crippen LogP contribution in [0.1, 0.15) is 17.3 Å². The lowest BCUT2D eigenvalue weighted by Crippen LogP contribution is -2.24. The molecule has 0 aromatic heterocycles. The van der Waals surface area contributed by atoms with Crippen molar-refractivity contribution in [2.45, 2.75) is 6.92 Å². The second-order valence-electron chi connectivity index (χ2n) is 6.37. The van der Waals surface area contributed by atoms with Gasteiger partial charge in [0, 0.05) is 22.6 Å². The van der Waals surface area contributed by atoms with E-state index >= 15 is 0 Å². The van der Waals surface area contributed by atoms with Gasteiger partial charge in [-0.3, -0.25) is 9.59 Å². The number of hydrogen-bond donors (Lipinski definition) is 2. The van der Waals surface area contributed by atoms with Gasteiger partial charge in [-0.25, -0.2) is 0 Å². The van der Waals surface area contributed by atoms with Gasteiger partial charge in [0.2, 0.25) is 0 Å². The van der Waals surface area contributed by atoms with Crippen molar-refractivity contribution < 1.29 is 14.3 Å². The molecule has 0 heterocycles. The standard InChI is InChI=1S/C24H22N2O3/c1-17(25-20-13-15-21(29-2)16-14-20)22(23(27)18-9-5-3-6-10-18)24(28)26-19-11-7-4-8-12-19/h3-16,25H,1-2H3,(H,26,28). The molecule has 0 radical (unpaired) electrons. The number of carbonyl (C=O) groups excluding carboxylic acids is 2. The zero-order chi connectivity index (χ0) is 20.6. The van der Waals surface area contributed by atoms with Crippen LogP contribution in [-0.4, -0.2) is 18.8 Å². The number of ether oxygens (including phenoxy) is 1. The summed E-state index contributed by atoms with van der Waals surface area (Å²) in [4.78, 5) is 26.1. The van der Waals surface area contributed by atoms with Crippen LogP contribution in [0.4, 0.5) is 11.4 Å². The molecule has 1 amide bonds. The van der Waals surface area contributed by atoms with E-state index in [9.17, 15) is 9.59 Å². The number of rotatable bonds is 7. The van der Waals surface area contributed by atoms with E-state index in [0.29, 0.717) is 16.9 Å². The number of carbonyl (C=O) groups is 2. The Morgan fingerprint density at radius 3 is 1.86 bits per heavy atom. The van der Waals surface area contributed by atoms with Crippen LogP contribution in [0.15, 0.2) is 96.2 Å². The number of benzene rings is 3. The fourth-order valence-corrected chi connectivity index (χ4v) is 2.85. The maximum atomic E-state index is 13.1. The zero-order valence-corrected chi connectivity index (χ0v) is 16.3. The Morgan fingerprint density at radius 1 is 0.724 bits per heavy atom. The van der Waals surface area contributed by atoms with Crippen molar-refractivity contribution in [3.05, 3.63) is 102 Å². The van der Waals surface area contributed by atoms with E-state index in [1.165, 1.54) is 0 Å². The van der Waals surface area contributed by atoms with E-state index in [0.717, 1.165) is 11.4 Å². The topological polar surface area (TPSA) is 67.4 Å². The van der Waals surface area contributed by atoms with Gasteiger partial charge in [-0.1, -0.05) is 48.5 Å². The van der Waals surface area contributed by atoms with Crippen LogP contribution in [0, 0.1) is 0 Å². The average Bonchev–Trinajstić information content (AvgIpc) is 2.75. The number of anilines is 2. The molecule has 0 fully saturated rings. The van der Waals surface area contributed by atoms with Crippen molar-refractivity contribution >= 4 is 23.1 Å².